The summed E-state index contributed by atoms with van der Waals surface area (Å²) in [5.74, 6) is -0.155. The van der Waals surface area contributed by atoms with Crippen molar-refractivity contribution >= 4 is 69.0 Å². The molecule has 0 radical (unpaired) electrons. The molecule has 2 unspecified atom stereocenters. The molecule has 3 aromatic carbocycles. The normalized spacial score (nSPS) is 15.7. The van der Waals surface area contributed by atoms with E-state index in [0.29, 0.717) is 27.7 Å². The zero-order valence-corrected chi connectivity index (χ0v) is 27.8. The van der Waals surface area contributed by atoms with E-state index in [0.717, 1.165) is 38.3 Å². The Morgan fingerprint density at radius 3 is 2.48 bits per heavy atom. The van der Waals surface area contributed by atoms with Crippen LogP contribution in [0.2, 0.25) is 0 Å². The number of amides is 3. The van der Waals surface area contributed by atoms with Crippen LogP contribution in [-0.4, -0.2) is 48.0 Å². The zero-order chi connectivity index (χ0) is 34.9. The number of ketones is 2. The number of imidazole rings is 1. The maximum Gasteiger partial charge on any atom is 0.316 e. The number of carbonyl (C=O) groups is 4. The topological polar surface area (TPSA) is 175 Å². The number of urea groups is 1. The highest BCUT2D eigenvalue weighted by Crippen LogP contribution is 2.28. The first-order chi connectivity index (χ1) is 24.2. The molecule has 50 heavy (non-hydrogen) atoms. The van der Waals surface area contributed by atoms with Crippen molar-refractivity contribution in [3.8, 4) is 22.4 Å². The van der Waals surface area contributed by atoms with Crippen LogP contribution in [0.25, 0.3) is 45.7 Å². The highest BCUT2D eigenvalue weighted by molar-refractivity contribution is 7.14. The Balaban J connectivity index is 0.000000161. The van der Waals surface area contributed by atoms with E-state index in [1.807, 2.05) is 73.8 Å². The highest BCUT2D eigenvalue weighted by atomic mass is 32.1. The van der Waals surface area contributed by atoms with Crippen LogP contribution in [0.15, 0.2) is 84.9 Å². The van der Waals surface area contributed by atoms with Crippen LogP contribution >= 0.6 is 11.3 Å². The molecule has 8 rings (SSSR count). The van der Waals surface area contributed by atoms with E-state index in [-0.39, 0.29) is 35.9 Å². The summed E-state index contributed by atoms with van der Waals surface area (Å²) in [7, 11) is 0. The quantitative estimate of drug-likeness (QED) is 0.238. The second kappa shape index (κ2) is 13.3. The molecule has 3 heterocycles. The standard InChI is InChI=1S/C20H16O2.C17H14N8O2S/c1-11-9-17-13(12(2)20(11)22)7-8-15-14-5-3-4-6-16(14)19(21)10-18(15)17;18-16(27)22-11-3-1-10(2-4-11)12-7-28-17(23-12)24-14(26)6-25-9-21-15-13(25)5-19-8-20-15/h3-12H,1-2H3;1-5,7-9H,6H2,(H3,18,22,27)(H,23,24,26). The van der Waals surface area contributed by atoms with Gasteiger partial charge in [0, 0.05) is 34.0 Å². The molecule has 2 aliphatic carbocycles. The summed E-state index contributed by atoms with van der Waals surface area (Å²) in [6, 6.07) is 18.2. The molecule has 4 N–H and O–H groups in total. The Morgan fingerprint density at radius 1 is 0.920 bits per heavy atom. The van der Waals surface area contributed by atoms with Gasteiger partial charge in [-0.1, -0.05) is 68.5 Å². The molecule has 2 aliphatic rings. The van der Waals surface area contributed by atoms with Gasteiger partial charge in [0.1, 0.15) is 24.2 Å². The third-order valence-corrected chi connectivity index (χ3v) is 9.41. The third kappa shape index (κ3) is 6.29. The summed E-state index contributed by atoms with van der Waals surface area (Å²) in [4.78, 5) is 64.4. The summed E-state index contributed by atoms with van der Waals surface area (Å²) in [6.45, 7) is 3.96. The lowest BCUT2D eigenvalue weighted by Crippen LogP contribution is -2.40. The smallest absolute Gasteiger partial charge is 0.316 e. The molecule has 13 heteroatoms. The number of fused-ring (bicyclic) bond motifs is 6. The van der Waals surface area contributed by atoms with Crippen LogP contribution in [0.3, 0.4) is 0 Å². The summed E-state index contributed by atoms with van der Waals surface area (Å²) >= 11 is 1.32. The van der Waals surface area contributed by atoms with E-state index in [2.05, 4.69) is 30.6 Å². The van der Waals surface area contributed by atoms with Crippen LogP contribution in [0, 0.1) is 5.92 Å². The average molecular weight is 683 g/mol. The average Bonchev–Trinajstić information content (AvgIpc) is 3.75. The molecular formula is C37H30N8O4S. The number of carbonyl (C=O) groups excluding carboxylic acids is 4. The number of nitrogens with zero attached hydrogens (tertiary/aromatic N) is 5. The van der Waals surface area contributed by atoms with Gasteiger partial charge in [-0.25, -0.2) is 24.7 Å². The number of aromatic nitrogens is 5. The van der Waals surface area contributed by atoms with Crippen molar-refractivity contribution in [2.45, 2.75) is 26.3 Å². The van der Waals surface area contributed by atoms with E-state index in [9.17, 15) is 19.2 Å². The van der Waals surface area contributed by atoms with Gasteiger partial charge >= 0.3 is 6.03 Å². The van der Waals surface area contributed by atoms with Crippen LogP contribution in [0.4, 0.5) is 15.6 Å². The van der Waals surface area contributed by atoms with Gasteiger partial charge in [0.05, 0.1) is 18.2 Å². The monoisotopic (exact) mass is 682 g/mol. The summed E-state index contributed by atoms with van der Waals surface area (Å²) in [5, 5.41) is 9.62. The first-order valence-corrected chi connectivity index (χ1v) is 16.6. The maximum absolute atomic E-state index is 12.4. The second-order valence-electron chi connectivity index (χ2n) is 11.9. The third-order valence-electron chi connectivity index (χ3n) is 8.65. The second-order valence-corrected chi connectivity index (χ2v) is 12.8. The van der Waals surface area contributed by atoms with Crippen LogP contribution in [-0.2, 0) is 16.1 Å². The van der Waals surface area contributed by atoms with Gasteiger partial charge in [-0.15, -0.1) is 11.3 Å². The molecule has 0 saturated heterocycles. The van der Waals surface area contributed by atoms with E-state index < -0.39 is 6.03 Å². The maximum atomic E-state index is 12.4. The van der Waals surface area contributed by atoms with Crippen molar-refractivity contribution in [2.24, 2.45) is 11.7 Å². The first-order valence-electron chi connectivity index (χ1n) is 15.7. The van der Waals surface area contributed by atoms with Gasteiger partial charge in [-0.3, -0.25) is 14.4 Å². The number of anilines is 2. The van der Waals surface area contributed by atoms with Crippen molar-refractivity contribution in [3.05, 3.63) is 106 Å². The number of nitrogens with one attached hydrogen (secondary N) is 2. The highest BCUT2D eigenvalue weighted by Gasteiger charge is 2.27. The predicted molar refractivity (Wildman–Crippen MR) is 192 cm³/mol. The van der Waals surface area contributed by atoms with Gasteiger partial charge in [0.15, 0.2) is 16.6 Å². The van der Waals surface area contributed by atoms with E-state index in [1.54, 1.807) is 35.3 Å². The molecule has 3 aromatic heterocycles. The number of hydrogen-bond donors (Lipinski definition) is 3. The summed E-state index contributed by atoms with van der Waals surface area (Å²) in [5.41, 5.74) is 12.3. The summed E-state index contributed by atoms with van der Waals surface area (Å²) in [6.07, 6.45) is 8.30. The van der Waals surface area contributed by atoms with Crippen molar-refractivity contribution in [3.63, 3.8) is 0 Å². The molecule has 0 fully saturated rings. The molecule has 3 amide bonds. The number of nitrogens with two attached hydrogens (primary N) is 1. The lowest BCUT2D eigenvalue weighted by molar-refractivity contribution is -0.122. The Morgan fingerprint density at radius 2 is 1.70 bits per heavy atom. The first kappa shape index (κ1) is 32.2. The lowest BCUT2D eigenvalue weighted by atomic mass is 9.79. The Labute approximate surface area is 289 Å². The number of primary amides is 1. The Bertz CT molecular complexity index is 2450. The zero-order valence-electron chi connectivity index (χ0n) is 27.0. The fraction of sp³-hybridized carbons (Fsp3) is 0.135. The van der Waals surface area contributed by atoms with Crippen molar-refractivity contribution < 1.29 is 19.2 Å². The molecule has 248 valence electrons. The van der Waals surface area contributed by atoms with Gasteiger partial charge in [-0.2, -0.15) is 0 Å². The number of rotatable bonds is 5. The fourth-order valence-corrected chi connectivity index (χ4v) is 6.94. The minimum atomic E-state index is -0.622. The van der Waals surface area contributed by atoms with Crippen molar-refractivity contribution in [1.29, 1.82) is 0 Å². The molecule has 0 aliphatic heterocycles. The Kier molecular flexibility index (Phi) is 8.56. The minimum Gasteiger partial charge on any atom is -0.351 e. The number of Topliss-reactive ketones (excluding diaryl/α,β-unsaturated/α-hetero) is 2. The minimum absolute atomic E-state index is 0.0436. The number of hydrogen-bond acceptors (Lipinski definition) is 9. The molecular weight excluding hydrogens is 653 g/mol. The predicted octanol–water partition coefficient (Wildman–Crippen LogP) is 4.51. The van der Waals surface area contributed by atoms with Gasteiger partial charge in [0.25, 0.3) is 0 Å². The van der Waals surface area contributed by atoms with Gasteiger partial charge in [-0.05, 0) is 45.3 Å². The van der Waals surface area contributed by atoms with Gasteiger partial charge < -0.3 is 20.9 Å². The lowest BCUT2D eigenvalue weighted by Gasteiger charge is -2.23. The SMILES string of the molecule is CC1C=c2c(ccc3c2=CC(=O)c2ccccc2-3)C(C)C1=O.NC(=O)Nc1ccc(-c2csc(NC(=O)Cn3cnc4ncncc43)n2)cc1. The molecule has 12 nitrogen and oxygen atoms in total. The molecule has 2 atom stereocenters. The molecule has 0 spiro atoms. The van der Waals surface area contributed by atoms with E-state index in [4.69, 9.17) is 5.73 Å². The van der Waals surface area contributed by atoms with Crippen molar-refractivity contribution in [1.82, 2.24) is 24.5 Å². The number of benzene rings is 3. The van der Waals surface area contributed by atoms with Gasteiger partial charge in [0.2, 0.25) is 5.91 Å². The fourth-order valence-electron chi connectivity index (χ4n) is 6.20. The molecule has 0 bridgehead atoms. The summed E-state index contributed by atoms with van der Waals surface area (Å²) < 4.78 is 1.67. The van der Waals surface area contributed by atoms with Crippen molar-refractivity contribution in [2.75, 3.05) is 10.6 Å². The Hall–Kier alpha value is -6.34. The molecule has 0 saturated carbocycles. The van der Waals surface area contributed by atoms with E-state index >= 15 is 0 Å². The van der Waals surface area contributed by atoms with Crippen LogP contribution in [0.1, 0.15) is 35.7 Å². The van der Waals surface area contributed by atoms with Crippen LogP contribution < -0.4 is 26.8 Å². The van der Waals surface area contributed by atoms with E-state index in [1.165, 1.54) is 17.7 Å². The largest absolute Gasteiger partial charge is 0.351 e. The van der Waals surface area contributed by atoms with Crippen LogP contribution in [0.5, 0.6) is 0 Å². The number of thiazole rings is 1. The molecule has 6 aromatic rings.